The van der Waals surface area contributed by atoms with Crippen LogP contribution < -0.4 is 0 Å². The van der Waals surface area contributed by atoms with Crippen LogP contribution in [0.4, 0.5) is 0 Å². The average Bonchev–Trinajstić information content (AvgIpc) is 2.38. The van der Waals surface area contributed by atoms with Crippen molar-refractivity contribution in [2.24, 2.45) is 5.92 Å². The maximum Gasteiger partial charge on any atom is 0.375 e. The third-order valence-electron chi connectivity index (χ3n) is 3.00. The summed E-state index contributed by atoms with van der Waals surface area (Å²) in [7, 11) is 0. The summed E-state index contributed by atoms with van der Waals surface area (Å²) in [6.45, 7) is 3.59. The zero-order chi connectivity index (χ0) is 14.0. The van der Waals surface area contributed by atoms with Crippen LogP contribution in [0.15, 0.2) is 23.1 Å². The fraction of sp³-hybridized carbons (Fsp3) is 0.357. The molecule has 2 rings (SSSR count). The Hall–Kier alpha value is -1.62. The lowest BCUT2D eigenvalue weighted by Gasteiger charge is -2.22. The van der Waals surface area contributed by atoms with E-state index in [4.69, 9.17) is 0 Å². The number of esters is 1. The summed E-state index contributed by atoms with van der Waals surface area (Å²) in [5.41, 5.74) is 1.39. The number of thioether (sulfide) groups is 1. The third-order valence-corrected chi connectivity index (χ3v) is 4.15. The summed E-state index contributed by atoms with van der Waals surface area (Å²) >= 11 is 1.43. The Kier molecular flexibility index (Phi) is 4.04. The number of Topliss-reactive ketones (excluding diaryl/α,β-unsaturated/α-hetero) is 2. The molecular weight excluding hydrogens is 264 g/mol. The Labute approximate surface area is 115 Å². The molecule has 4 nitrogen and oxygen atoms in total. The van der Waals surface area contributed by atoms with E-state index in [1.807, 2.05) is 25.1 Å². The molecule has 19 heavy (non-hydrogen) atoms. The third kappa shape index (κ3) is 2.56. The molecular formula is C14H14O4S. The minimum atomic E-state index is -0.919. The first-order chi connectivity index (χ1) is 9.06. The number of aryl methyl sites for hydroxylation is 1. The van der Waals surface area contributed by atoms with Crippen molar-refractivity contribution in [3.05, 3.63) is 29.3 Å². The van der Waals surface area contributed by atoms with Crippen molar-refractivity contribution in [2.75, 3.05) is 12.4 Å². The van der Waals surface area contributed by atoms with Gasteiger partial charge in [0.2, 0.25) is 0 Å². The van der Waals surface area contributed by atoms with Crippen molar-refractivity contribution < 1.29 is 19.1 Å². The molecule has 1 atom stereocenters. The van der Waals surface area contributed by atoms with Gasteiger partial charge in [0.1, 0.15) is 5.92 Å². The van der Waals surface area contributed by atoms with E-state index in [0.29, 0.717) is 11.3 Å². The van der Waals surface area contributed by atoms with E-state index in [0.717, 1.165) is 10.5 Å². The predicted octanol–water partition coefficient (Wildman–Crippen LogP) is 2.03. The highest BCUT2D eigenvalue weighted by atomic mass is 32.2. The fourth-order valence-corrected chi connectivity index (χ4v) is 3.27. The van der Waals surface area contributed by atoms with Crippen molar-refractivity contribution in [1.82, 2.24) is 0 Å². The van der Waals surface area contributed by atoms with Gasteiger partial charge in [0.15, 0.2) is 5.78 Å². The molecule has 0 radical (unpaired) electrons. The first-order valence-electron chi connectivity index (χ1n) is 6.03. The summed E-state index contributed by atoms with van der Waals surface area (Å²) in [4.78, 5) is 36.6. The van der Waals surface area contributed by atoms with Crippen molar-refractivity contribution >= 4 is 29.3 Å². The molecule has 0 fully saturated rings. The lowest BCUT2D eigenvalue weighted by molar-refractivity contribution is -0.154. The molecule has 1 aromatic carbocycles. The normalized spacial score (nSPS) is 17.8. The number of carbonyl (C=O) groups excluding carboxylic acids is 3. The molecule has 0 amide bonds. The molecule has 0 saturated carbocycles. The maximum atomic E-state index is 12.3. The van der Waals surface area contributed by atoms with Gasteiger partial charge in [0, 0.05) is 16.2 Å². The molecule has 0 spiro atoms. The van der Waals surface area contributed by atoms with Gasteiger partial charge in [0.25, 0.3) is 5.78 Å². The Morgan fingerprint density at radius 2 is 2.16 bits per heavy atom. The van der Waals surface area contributed by atoms with Gasteiger partial charge in [-0.1, -0.05) is 12.1 Å². The van der Waals surface area contributed by atoms with Crippen LogP contribution in [0.2, 0.25) is 0 Å². The van der Waals surface area contributed by atoms with Crippen LogP contribution >= 0.6 is 11.8 Å². The first kappa shape index (κ1) is 13.8. The summed E-state index contributed by atoms with van der Waals surface area (Å²) < 4.78 is 4.67. The van der Waals surface area contributed by atoms with Gasteiger partial charge >= 0.3 is 5.97 Å². The van der Waals surface area contributed by atoms with Crippen LogP contribution in [0.5, 0.6) is 0 Å². The van der Waals surface area contributed by atoms with Gasteiger partial charge in [0.05, 0.1) is 6.61 Å². The number of hydrogen-bond donors (Lipinski definition) is 0. The van der Waals surface area contributed by atoms with Gasteiger partial charge in [-0.3, -0.25) is 9.59 Å². The first-order valence-corrected chi connectivity index (χ1v) is 7.02. The lowest BCUT2D eigenvalue weighted by Crippen LogP contribution is -2.35. The van der Waals surface area contributed by atoms with Crippen LogP contribution in [0.25, 0.3) is 0 Å². The molecule has 0 saturated heterocycles. The summed E-state index contributed by atoms with van der Waals surface area (Å²) in [6, 6.07) is 5.56. The number of carbonyl (C=O) groups is 3. The molecule has 0 aliphatic carbocycles. The van der Waals surface area contributed by atoms with Gasteiger partial charge in [-0.25, -0.2) is 4.79 Å². The SMILES string of the molecule is CCOC(=O)C(=O)C1CSc2cccc(C)c2C1=O. The second kappa shape index (κ2) is 5.57. The highest BCUT2D eigenvalue weighted by Gasteiger charge is 2.37. The van der Waals surface area contributed by atoms with Crippen molar-refractivity contribution in [3.63, 3.8) is 0 Å². The van der Waals surface area contributed by atoms with Crippen LogP contribution in [0, 0.1) is 12.8 Å². The van der Waals surface area contributed by atoms with E-state index in [1.54, 1.807) is 6.92 Å². The standard InChI is InChI=1S/C14H14O4S/c1-3-18-14(17)13(16)9-7-19-10-6-4-5-8(2)11(10)12(9)15/h4-6,9H,3,7H2,1-2H3. The van der Waals surface area contributed by atoms with Crippen molar-refractivity contribution in [1.29, 1.82) is 0 Å². The molecule has 0 bridgehead atoms. The minimum Gasteiger partial charge on any atom is -0.460 e. The number of fused-ring (bicyclic) bond motifs is 1. The van der Waals surface area contributed by atoms with Gasteiger partial charge in [-0.05, 0) is 25.5 Å². The summed E-state index contributed by atoms with van der Waals surface area (Å²) in [5, 5.41) is 0. The van der Waals surface area contributed by atoms with E-state index in [9.17, 15) is 14.4 Å². The zero-order valence-electron chi connectivity index (χ0n) is 10.8. The number of rotatable bonds is 3. The molecule has 100 valence electrons. The topological polar surface area (TPSA) is 60.4 Å². The van der Waals surface area contributed by atoms with E-state index in [-0.39, 0.29) is 12.4 Å². The second-order valence-electron chi connectivity index (χ2n) is 4.26. The van der Waals surface area contributed by atoms with E-state index >= 15 is 0 Å². The molecule has 1 aromatic rings. The van der Waals surface area contributed by atoms with Gasteiger partial charge in [-0.15, -0.1) is 11.8 Å². The Bertz CT molecular complexity index is 550. The summed E-state index contributed by atoms with van der Waals surface area (Å²) in [6.07, 6.45) is 0. The summed E-state index contributed by atoms with van der Waals surface area (Å²) in [5.74, 6) is -2.55. The lowest BCUT2D eigenvalue weighted by atomic mass is 9.92. The molecule has 1 aliphatic rings. The Morgan fingerprint density at radius 1 is 1.42 bits per heavy atom. The van der Waals surface area contributed by atoms with Crippen LogP contribution in [-0.4, -0.2) is 29.9 Å². The molecule has 1 unspecified atom stereocenters. The molecule has 5 heteroatoms. The number of hydrogen-bond acceptors (Lipinski definition) is 5. The van der Waals surface area contributed by atoms with Crippen LogP contribution in [-0.2, 0) is 14.3 Å². The van der Waals surface area contributed by atoms with Gasteiger partial charge in [-0.2, -0.15) is 0 Å². The quantitative estimate of drug-likeness (QED) is 0.481. The van der Waals surface area contributed by atoms with Crippen molar-refractivity contribution in [3.8, 4) is 0 Å². The monoisotopic (exact) mass is 278 g/mol. The minimum absolute atomic E-state index is 0.133. The highest BCUT2D eigenvalue weighted by Crippen LogP contribution is 2.35. The smallest absolute Gasteiger partial charge is 0.375 e. The maximum absolute atomic E-state index is 12.3. The van der Waals surface area contributed by atoms with Crippen LogP contribution in [0.3, 0.4) is 0 Å². The Balaban J connectivity index is 2.29. The number of benzene rings is 1. The van der Waals surface area contributed by atoms with E-state index in [2.05, 4.69) is 4.74 Å². The molecule has 1 aliphatic heterocycles. The van der Waals surface area contributed by atoms with E-state index in [1.165, 1.54) is 11.8 Å². The number of ketones is 2. The average molecular weight is 278 g/mol. The van der Waals surface area contributed by atoms with Crippen molar-refractivity contribution in [2.45, 2.75) is 18.7 Å². The largest absolute Gasteiger partial charge is 0.460 e. The van der Waals surface area contributed by atoms with Gasteiger partial charge < -0.3 is 4.74 Å². The highest BCUT2D eigenvalue weighted by molar-refractivity contribution is 7.99. The molecule has 1 heterocycles. The van der Waals surface area contributed by atoms with Crippen LogP contribution in [0.1, 0.15) is 22.8 Å². The number of ether oxygens (including phenoxy) is 1. The molecule has 0 N–H and O–H groups in total. The molecule has 0 aromatic heterocycles. The predicted molar refractivity (Wildman–Crippen MR) is 71.4 cm³/mol. The van der Waals surface area contributed by atoms with E-state index < -0.39 is 17.7 Å². The Morgan fingerprint density at radius 3 is 2.84 bits per heavy atom. The zero-order valence-corrected chi connectivity index (χ0v) is 11.6. The fourth-order valence-electron chi connectivity index (χ4n) is 2.04. The second-order valence-corrected chi connectivity index (χ2v) is 5.32.